The van der Waals surface area contributed by atoms with Crippen molar-refractivity contribution in [1.29, 1.82) is 0 Å². The average molecular weight is 301 g/mol. The molecule has 0 aliphatic rings. The third kappa shape index (κ3) is 3.68. The molecule has 0 spiro atoms. The van der Waals surface area contributed by atoms with Gasteiger partial charge in [0.1, 0.15) is 10.1 Å². The Labute approximate surface area is 143 Å². The van der Waals surface area contributed by atoms with Gasteiger partial charge in [0.2, 0.25) is 0 Å². The van der Waals surface area contributed by atoms with E-state index in [9.17, 15) is 33.2 Å². The van der Waals surface area contributed by atoms with Crippen LogP contribution >= 0.6 is 0 Å². The van der Waals surface area contributed by atoms with E-state index in [0.717, 1.165) is 0 Å². The van der Waals surface area contributed by atoms with E-state index in [0.29, 0.717) is 12.1 Å². The predicted octanol–water partition coefficient (Wildman–Crippen LogP) is -3.01. The molecule has 1 aromatic rings. The smallest absolute Gasteiger partial charge is 0.744 e. The zero-order chi connectivity index (χ0) is 13.4. The SMILES string of the molecule is Nc1c([N+](=O)[O-])cc(S(=O)(=O)[O-])cc1[N+](=O)[O-].[K+]. The van der Waals surface area contributed by atoms with Crippen LogP contribution in [0.4, 0.5) is 17.1 Å². The van der Waals surface area contributed by atoms with Gasteiger partial charge in [0.05, 0.1) is 14.7 Å². The van der Waals surface area contributed by atoms with Crippen molar-refractivity contribution in [2.75, 3.05) is 5.73 Å². The minimum Gasteiger partial charge on any atom is -0.744 e. The molecule has 1 rings (SSSR count). The first-order valence-corrected chi connectivity index (χ1v) is 5.23. The van der Waals surface area contributed by atoms with Crippen LogP contribution in [0.3, 0.4) is 0 Å². The molecule has 0 saturated heterocycles. The van der Waals surface area contributed by atoms with E-state index in [1.807, 2.05) is 0 Å². The summed E-state index contributed by atoms with van der Waals surface area (Å²) in [6.07, 6.45) is 0. The van der Waals surface area contributed by atoms with E-state index in [4.69, 9.17) is 5.73 Å². The second-order valence-corrected chi connectivity index (χ2v) is 4.22. The fourth-order valence-electron chi connectivity index (χ4n) is 1.04. The Kier molecular flexibility index (Phi) is 5.79. The van der Waals surface area contributed by atoms with Crippen LogP contribution in [0.15, 0.2) is 17.0 Å². The number of rotatable bonds is 3. The van der Waals surface area contributed by atoms with Crippen LogP contribution in [-0.2, 0) is 10.1 Å². The molecule has 10 nitrogen and oxygen atoms in total. The Morgan fingerprint density at radius 1 is 1.06 bits per heavy atom. The van der Waals surface area contributed by atoms with E-state index in [2.05, 4.69) is 0 Å². The summed E-state index contributed by atoms with van der Waals surface area (Å²) in [7, 11) is -5.05. The van der Waals surface area contributed by atoms with Crippen molar-refractivity contribution < 1.29 is 74.2 Å². The van der Waals surface area contributed by atoms with Gasteiger partial charge in [0.25, 0.3) is 0 Å². The molecule has 0 unspecified atom stereocenters. The molecule has 12 heteroatoms. The Morgan fingerprint density at radius 2 is 1.39 bits per heavy atom. The van der Waals surface area contributed by atoms with E-state index >= 15 is 0 Å². The molecule has 18 heavy (non-hydrogen) atoms. The van der Waals surface area contributed by atoms with Crippen molar-refractivity contribution in [2.45, 2.75) is 4.90 Å². The quantitative estimate of drug-likeness (QED) is 0.202. The molecule has 0 fully saturated rings. The maximum Gasteiger partial charge on any atom is 1.00 e. The molecule has 0 saturated carbocycles. The van der Waals surface area contributed by atoms with Crippen LogP contribution in [0.1, 0.15) is 0 Å². The topological polar surface area (TPSA) is 169 Å². The molecular weight excluding hydrogens is 297 g/mol. The minimum atomic E-state index is -5.05. The van der Waals surface area contributed by atoms with Gasteiger partial charge in [-0.2, -0.15) is 0 Å². The zero-order valence-corrected chi connectivity index (χ0v) is 12.8. The molecule has 1 aromatic carbocycles. The Morgan fingerprint density at radius 3 is 1.61 bits per heavy atom. The van der Waals surface area contributed by atoms with E-state index in [1.165, 1.54) is 0 Å². The maximum atomic E-state index is 10.7. The van der Waals surface area contributed by atoms with Gasteiger partial charge in [-0.25, -0.2) is 8.42 Å². The summed E-state index contributed by atoms with van der Waals surface area (Å²) in [5.74, 6) is 0. The van der Waals surface area contributed by atoms with E-state index in [1.54, 1.807) is 0 Å². The Balaban J connectivity index is 0.00000289. The van der Waals surface area contributed by atoms with Crippen molar-refractivity contribution in [2.24, 2.45) is 0 Å². The number of anilines is 1. The second-order valence-electron chi connectivity index (χ2n) is 2.84. The summed E-state index contributed by atoms with van der Waals surface area (Å²) >= 11 is 0. The molecule has 0 bridgehead atoms. The Bertz CT molecular complexity index is 579. The van der Waals surface area contributed by atoms with Gasteiger partial charge in [-0.1, -0.05) is 0 Å². The normalized spacial score (nSPS) is 10.5. The standard InChI is InChI=1S/C6H5N3O7S.K/c7-6-4(8(10)11)1-3(17(14,15)16)2-5(6)9(12)13;/h1-2H,7H2,(H,14,15,16);/q;+1/p-1. The summed E-state index contributed by atoms with van der Waals surface area (Å²) in [6.45, 7) is 0. The largest absolute Gasteiger partial charge is 1.00 e. The van der Waals surface area contributed by atoms with Crippen LogP contribution in [0.5, 0.6) is 0 Å². The fraction of sp³-hybridized carbons (Fsp3) is 0. The van der Waals surface area contributed by atoms with Crippen LogP contribution in [-0.4, -0.2) is 22.8 Å². The summed E-state index contributed by atoms with van der Waals surface area (Å²) in [4.78, 5) is 17.7. The minimum absolute atomic E-state index is 0. The van der Waals surface area contributed by atoms with Gasteiger partial charge in [0, 0.05) is 12.1 Å². The average Bonchev–Trinajstić information content (AvgIpc) is 2.14. The number of nitrogens with zero attached hydrogens (tertiary/aromatic N) is 2. The molecular formula is C6H4KN3O7S. The number of nitro benzene ring substituents is 2. The van der Waals surface area contributed by atoms with Gasteiger partial charge in [-0.15, -0.1) is 0 Å². The van der Waals surface area contributed by atoms with Crippen molar-refractivity contribution in [3.8, 4) is 0 Å². The maximum absolute atomic E-state index is 10.7. The van der Waals surface area contributed by atoms with Crippen LogP contribution in [0.2, 0.25) is 0 Å². The number of benzene rings is 1. The first-order valence-electron chi connectivity index (χ1n) is 3.83. The summed E-state index contributed by atoms with van der Waals surface area (Å²) in [5.41, 5.74) is 2.29. The third-order valence-electron chi connectivity index (χ3n) is 1.79. The molecule has 0 amide bonds. The van der Waals surface area contributed by atoms with E-state index in [-0.39, 0.29) is 51.4 Å². The first-order chi connectivity index (χ1) is 7.64. The number of nitrogen functional groups attached to an aromatic ring is 1. The molecule has 0 atom stereocenters. The molecule has 0 radical (unpaired) electrons. The monoisotopic (exact) mass is 301 g/mol. The first kappa shape index (κ1) is 17.4. The van der Waals surface area contributed by atoms with Crippen molar-refractivity contribution in [3.63, 3.8) is 0 Å². The van der Waals surface area contributed by atoms with Crippen molar-refractivity contribution in [1.82, 2.24) is 0 Å². The second kappa shape index (κ2) is 6.01. The molecule has 0 aromatic heterocycles. The van der Waals surface area contributed by atoms with Gasteiger partial charge < -0.3 is 10.3 Å². The van der Waals surface area contributed by atoms with Crippen LogP contribution in [0, 0.1) is 20.2 Å². The van der Waals surface area contributed by atoms with Gasteiger partial charge in [-0.05, 0) is 0 Å². The number of nitrogens with two attached hydrogens (primary N) is 1. The summed E-state index contributed by atoms with van der Waals surface area (Å²) in [6, 6.07) is 0.759. The van der Waals surface area contributed by atoms with Crippen LogP contribution in [0.25, 0.3) is 0 Å². The van der Waals surface area contributed by atoms with Gasteiger partial charge in [-0.3, -0.25) is 20.2 Å². The molecule has 0 heterocycles. The predicted molar refractivity (Wildman–Crippen MR) is 52.1 cm³/mol. The third-order valence-corrected chi connectivity index (χ3v) is 2.60. The zero-order valence-electron chi connectivity index (χ0n) is 8.89. The number of hydrogen-bond acceptors (Lipinski definition) is 8. The number of hydrogen-bond donors (Lipinski definition) is 1. The van der Waals surface area contributed by atoms with Gasteiger partial charge in [0.15, 0.2) is 5.69 Å². The van der Waals surface area contributed by atoms with Crippen molar-refractivity contribution in [3.05, 3.63) is 32.4 Å². The van der Waals surface area contributed by atoms with E-state index < -0.39 is 41.9 Å². The molecule has 2 N–H and O–H groups in total. The Hall–Kier alpha value is -0.634. The summed E-state index contributed by atoms with van der Waals surface area (Å²) in [5, 5.41) is 21.0. The summed E-state index contributed by atoms with van der Waals surface area (Å²) < 4.78 is 32.0. The number of nitro groups is 2. The fourth-order valence-corrected chi connectivity index (χ4v) is 1.56. The molecule has 92 valence electrons. The van der Waals surface area contributed by atoms with Crippen LogP contribution < -0.4 is 57.1 Å². The van der Waals surface area contributed by atoms with Crippen molar-refractivity contribution >= 4 is 27.2 Å². The molecule has 0 aliphatic heterocycles. The molecule has 0 aliphatic carbocycles. The van der Waals surface area contributed by atoms with Gasteiger partial charge >= 0.3 is 62.8 Å².